The smallest absolute Gasteiger partial charge is 0.253 e. The van der Waals surface area contributed by atoms with Crippen LogP contribution < -0.4 is 10.1 Å². The van der Waals surface area contributed by atoms with Gasteiger partial charge in [-0.15, -0.1) is 0 Å². The number of nitrogens with zero attached hydrogens (tertiary/aromatic N) is 2. The number of likely N-dealkylation sites (tertiary alicyclic amines) is 1. The molecule has 6 heteroatoms. The SMILES string of the molecule is CCCCC(CC)CNC(=O)c1cn(CCCN2CCC(Oc3ccc(F)cc3)CC2)c2ccccc12. The summed E-state index contributed by atoms with van der Waals surface area (Å²) in [5.41, 5.74) is 1.90. The lowest BCUT2D eigenvalue weighted by Crippen LogP contribution is -2.38. The van der Waals surface area contributed by atoms with Crippen molar-refractivity contribution in [2.75, 3.05) is 26.2 Å². The first-order chi connectivity index (χ1) is 18.1. The maximum atomic E-state index is 13.1. The van der Waals surface area contributed by atoms with E-state index < -0.39 is 0 Å². The van der Waals surface area contributed by atoms with Crippen LogP contribution in [-0.2, 0) is 6.54 Å². The van der Waals surface area contributed by atoms with Crippen LogP contribution in [0.25, 0.3) is 10.9 Å². The van der Waals surface area contributed by atoms with Crippen LogP contribution in [0.5, 0.6) is 5.75 Å². The van der Waals surface area contributed by atoms with Gasteiger partial charge in [-0.25, -0.2) is 4.39 Å². The maximum Gasteiger partial charge on any atom is 0.253 e. The van der Waals surface area contributed by atoms with Crippen molar-refractivity contribution in [3.05, 3.63) is 66.1 Å². The number of piperidine rings is 1. The molecule has 1 atom stereocenters. The molecule has 1 amide bonds. The summed E-state index contributed by atoms with van der Waals surface area (Å²) in [4.78, 5) is 15.6. The molecule has 1 N–H and O–H groups in total. The molecule has 1 aliphatic heterocycles. The Balaban J connectivity index is 1.27. The second-order valence-electron chi connectivity index (χ2n) is 10.3. The average Bonchev–Trinajstić information content (AvgIpc) is 3.30. The lowest BCUT2D eigenvalue weighted by molar-refractivity contribution is 0.0947. The number of carbonyl (C=O) groups is 1. The second-order valence-corrected chi connectivity index (χ2v) is 10.3. The quantitative estimate of drug-likeness (QED) is 0.281. The Morgan fingerprint density at radius 3 is 2.54 bits per heavy atom. The van der Waals surface area contributed by atoms with E-state index in [0.717, 1.165) is 80.6 Å². The number of rotatable bonds is 13. The van der Waals surface area contributed by atoms with Crippen LogP contribution in [0, 0.1) is 11.7 Å². The molecule has 200 valence electrons. The van der Waals surface area contributed by atoms with E-state index in [-0.39, 0.29) is 17.8 Å². The normalized spacial score (nSPS) is 15.6. The predicted octanol–water partition coefficient (Wildman–Crippen LogP) is 6.66. The monoisotopic (exact) mass is 507 g/mol. The number of hydrogen-bond acceptors (Lipinski definition) is 3. The Hall–Kier alpha value is -2.86. The highest BCUT2D eigenvalue weighted by molar-refractivity contribution is 6.07. The number of carbonyl (C=O) groups excluding carboxylic acids is 1. The van der Waals surface area contributed by atoms with Gasteiger partial charge in [0.1, 0.15) is 17.7 Å². The topological polar surface area (TPSA) is 46.5 Å². The summed E-state index contributed by atoms with van der Waals surface area (Å²) in [5, 5.41) is 4.23. The van der Waals surface area contributed by atoms with Gasteiger partial charge in [-0.2, -0.15) is 0 Å². The third kappa shape index (κ3) is 7.57. The largest absolute Gasteiger partial charge is 0.490 e. The molecular formula is C31H42FN3O2. The van der Waals surface area contributed by atoms with Gasteiger partial charge in [0.15, 0.2) is 0 Å². The van der Waals surface area contributed by atoms with Gasteiger partial charge in [0.2, 0.25) is 0 Å². The minimum atomic E-state index is -0.238. The molecule has 0 radical (unpaired) electrons. The number of ether oxygens (including phenoxy) is 1. The predicted molar refractivity (Wildman–Crippen MR) is 149 cm³/mol. The molecule has 4 rings (SSSR count). The number of aryl methyl sites for hydroxylation is 1. The van der Waals surface area contributed by atoms with Crippen molar-refractivity contribution in [1.29, 1.82) is 0 Å². The number of fused-ring (bicyclic) bond motifs is 1. The summed E-state index contributed by atoms with van der Waals surface area (Å²) in [7, 11) is 0. The molecule has 0 spiro atoms. The van der Waals surface area contributed by atoms with E-state index in [1.54, 1.807) is 12.1 Å². The highest BCUT2D eigenvalue weighted by Crippen LogP contribution is 2.23. The van der Waals surface area contributed by atoms with Crippen molar-refractivity contribution >= 4 is 16.8 Å². The van der Waals surface area contributed by atoms with Crippen molar-refractivity contribution < 1.29 is 13.9 Å². The number of amides is 1. The molecule has 0 aliphatic carbocycles. The van der Waals surface area contributed by atoms with Crippen LogP contribution in [0.1, 0.15) is 69.2 Å². The fourth-order valence-electron chi connectivity index (χ4n) is 5.31. The Morgan fingerprint density at radius 1 is 1.05 bits per heavy atom. The molecule has 37 heavy (non-hydrogen) atoms. The summed E-state index contributed by atoms with van der Waals surface area (Å²) in [6.45, 7) is 9.08. The van der Waals surface area contributed by atoms with E-state index in [2.05, 4.69) is 40.8 Å². The Labute approximate surface area is 221 Å². The summed E-state index contributed by atoms with van der Waals surface area (Å²) in [5.74, 6) is 1.08. The number of nitrogens with one attached hydrogen (secondary N) is 1. The van der Waals surface area contributed by atoms with E-state index >= 15 is 0 Å². The summed E-state index contributed by atoms with van der Waals surface area (Å²) in [6.07, 6.45) is 9.88. The van der Waals surface area contributed by atoms with E-state index in [1.165, 1.54) is 31.4 Å². The first-order valence-electron chi connectivity index (χ1n) is 14.1. The summed E-state index contributed by atoms with van der Waals surface area (Å²) >= 11 is 0. The van der Waals surface area contributed by atoms with Crippen LogP contribution in [-0.4, -0.2) is 47.7 Å². The van der Waals surface area contributed by atoms with E-state index in [9.17, 15) is 9.18 Å². The van der Waals surface area contributed by atoms with E-state index in [4.69, 9.17) is 4.74 Å². The molecule has 1 unspecified atom stereocenters. The fourth-order valence-corrected chi connectivity index (χ4v) is 5.31. The van der Waals surface area contributed by atoms with Gasteiger partial charge in [-0.05, 0) is 68.5 Å². The van der Waals surface area contributed by atoms with Crippen LogP contribution >= 0.6 is 0 Å². The number of halogens is 1. The second kappa shape index (κ2) is 13.6. The van der Waals surface area contributed by atoms with Gasteiger partial charge in [0.05, 0.1) is 5.56 Å². The van der Waals surface area contributed by atoms with Crippen molar-refractivity contribution in [1.82, 2.24) is 14.8 Å². The van der Waals surface area contributed by atoms with Crippen molar-refractivity contribution in [3.8, 4) is 5.75 Å². The number of para-hydroxylation sites is 1. The van der Waals surface area contributed by atoms with E-state index in [1.807, 2.05) is 18.3 Å². The molecule has 1 saturated heterocycles. The maximum absolute atomic E-state index is 13.1. The first kappa shape index (κ1) is 27.2. The zero-order valence-corrected chi connectivity index (χ0v) is 22.4. The lowest BCUT2D eigenvalue weighted by atomic mass is 9.99. The van der Waals surface area contributed by atoms with Crippen LogP contribution in [0.15, 0.2) is 54.7 Å². The lowest BCUT2D eigenvalue weighted by Gasteiger charge is -2.32. The minimum Gasteiger partial charge on any atom is -0.490 e. The molecular weight excluding hydrogens is 465 g/mol. The number of aromatic nitrogens is 1. The van der Waals surface area contributed by atoms with Crippen LogP contribution in [0.3, 0.4) is 0 Å². The van der Waals surface area contributed by atoms with Gasteiger partial charge in [-0.1, -0.05) is 51.3 Å². The zero-order valence-electron chi connectivity index (χ0n) is 22.4. The number of hydrogen-bond donors (Lipinski definition) is 1. The summed E-state index contributed by atoms with van der Waals surface area (Å²) < 4.78 is 21.4. The molecule has 1 fully saturated rings. The molecule has 3 aromatic rings. The average molecular weight is 508 g/mol. The number of benzene rings is 2. The fraction of sp³-hybridized carbons (Fsp3) is 0.516. The molecule has 2 heterocycles. The van der Waals surface area contributed by atoms with Gasteiger partial charge in [0.25, 0.3) is 5.91 Å². The third-order valence-corrected chi connectivity index (χ3v) is 7.65. The zero-order chi connectivity index (χ0) is 26.0. The first-order valence-corrected chi connectivity index (χ1v) is 14.1. The third-order valence-electron chi connectivity index (χ3n) is 7.65. The van der Waals surface area contributed by atoms with Crippen molar-refractivity contribution in [3.63, 3.8) is 0 Å². The highest BCUT2D eigenvalue weighted by atomic mass is 19.1. The van der Waals surface area contributed by atoms with Gasteiger partial charge < -0.3 is 19.5 Å². The Bertz CT molecular complexity index is 1120. The molecule has 2 aromatic carbocycles. The van der Waals surface area contributed by atoms with Gasteiger partial charge in [-0.3, -0.25) is 4.79 Å². The van der Waals surface area contributed by atoms with Gasteiger partial charge >= 0.3 is 0 Å². The standard InChI is InChI=1S/C31H42FN3O2/c1-3-5-9-24(4-2)22-33-31(36)29-23-35(30-11-7-6-10-28(29)30)19-8-18-34-20-16-27(17-21-34)37-26-14-12-25(32)13-15-26/h6-7,10-15,23-24,27H,3-5,8-9,16-22H2,1-2H3,(H,33,36). The molecule has 0 saturated carbocycles. The Morgan fingerprint density at radius 2 is 1.81 bits per heavy atom. The van der Waals surface area contributed by atoms with Crippen LogP contribution in [0.2, 0.25) is 0 Å². The van der Waals surface area contributed by atoms with Gasteiger partial charge in [0, 0.05) is 43.3 Å². The van der Waals surface area contributed by atoms with Crippen LogP contribution in [0.4, 0.5) is 4.39 Å². The van der Waals surface area contributed by atoms with E-state index in [0.29, 0.717) is 5.92 Å². The molecule has 1 aromatic heterocycles. The summed E-state index contributed by atoms with van der Waals surface area (Å²) in [6, 6.07) is 14.5. The molecule has 1 aliphatic rings. The highest BCUT2D eigenvalue weighted by Gasteiger charge is 2.21. The van der Waals surface area contributed by atoms with Crippen molar-refractivity contribution in [2.45, 2.75) is 71.4 Å². The molecule has 0 bridgehead atoms. The number of unbranched alkanes of at least 4 members (excludes halogenated alkanes) is 1. The minimum absolute atomic E-state index is 0.0353. The Kier molecular flexibility index (Phi) is 10.0. The molecule has 5 nitrogen and oxygen atoms in total. The van der Waals surface area contributed by atoms with Crippen molar-refractivity contribution in [2.24, 2.45) is 5.92 Å².